The van der Waals surface area contributed by atoms with Crippen molar-refractivity contribution in [3.8, 4) is 5.75 Å². The summed E-state index contributed by atoms with van der Waals surface area (Å²) in [4.78, 5) is 0. The van der Waals surface area contributed by atoms with Crippen LogP contribution in [-0.4, -0.2) is 11.3 Å². The Labute approximate surface area is 236 Å². The summed E-state index contributed by atoms with van der Waals surface area (Å²) in [5, 5.41) is 0.146. The quantitative estimate of drug-likeness (QED) is 0.253. The van der Waals surface area contributed by atoms with Crippen LogP contribution in [-0.2, 0) is 4.74 Å². The molecular formula is C34H49FO2S. The van der Waals surface area contributed by atoms with Crippen molar-refractivity contribution in [2.75, 3.05) is 0 Å². The normalized spacial score (nSPS) is 37.0. The molecule has 0 aromatic heterocycles. The number of hydrogen-bond acceptors (Lipinski definition) is 3. The largest absolute Gasteiger partial charge is 0.453 e. The highest BCUT2D eigenvalue weighted by molar-refractivity contribution is 7.79. The van der Waals surface area contributed by atoms with E-state index in [1.165, 1.54) is 69.9 Å². The van der Waals surface area contributed by atoms with Gasteiger partial charge in [0.15, 0.2) is 0 Å². The Morgan fingerprint density at radius 2 is 1.76 bits per heavy atom. The van der Waals surface area contributed by atoms with Crippen LogP contribution in [0.3, 0.4) is 0 Å². The van der Waals surface area contributed by atoms with Gasteiger partial charge in [0.25, 0.3) is 0 Å². The predicted octanol–water partition coefficient (Wildman–Crippen LogP) is 9.92. The van der Waals surface area contributed by atoms with Gasteiger partial charge < -0.3 is 9.47 Å². The lowest BCUT2D eigenvalue weighted by Gasteiger charge is -2.58. The summed E-state index contributed by atoms with van der Waals surface area (Å²) in [6.45, 7) is 12.5. The van der Waals surface area contributed by atoms with Crippen molar-refractivity contribution in [2.45, 2.75) is 111 Å². The van der Waals surface area contributed by atoms with Crippen molar-refractivity contribution in [1.82, 2.24) is 0 Å². The van der Waals surface area contributed by atoms with Crippen LogP contribution in [0, 0.1) is 52.2 Å². The molecule has 2 nitrogen and oxygen atoms in total. The molecule has 8 atom stereocenters. The molecule has 0 amide bonds. The molecule has 0 unspecified atom stereocenters. The molecule has 1 aromatic rings. The molecule has 0 saturated heterocycles. The minimum Gasteiger partial charge on any atom is -0.453 e. The van der Waals surface area contributed by atoms with E-state index in [2.05, 4.69) is 40.7 Å². The van der Waals surface area contributed by atoms with Crippen molar-refractivity contribution in [3.63, 3.8) is 0 Å². The second-order valence-electron chi connectivity index (χ2n) is 14.1. The first kappa shape index (κ1) is 28.1. The third-order valence-electron chi connectivity index (χ3n) is 11.5. The van der Waals surface area contributed by atoms with Gasteiger partial charge in [-0.25, -0.2) is 4.39 Å². The molecule has 38 heavy (non-hydrogen) atoms. The maximum absolute atomic E-state index is 13.2. The fourth-order valence-corrected chi connectivity index (χ4v) is 9.74. The number of thiocarbonyl (C=S) groups is 1. The first-order chi connectivity index (χ1) is 18.1. The van der Waals surface area contributed by atoms with Crippen LogP contribution in [0.1, 0.15) is 105 Å². The van der Waals surface area contributed by atoms with Gasteiger partial charge in [0, 0.05) is 18.6 Å². The SMILES string of the molecule is CC(C)CCC[C@@H](C)[C@H]1CC[C@H]2[C@@H]3CC=C4C[C@@H](OC(=S)Oc5ccc(F)cc5)CC[C@]4(C)[C@H]3CC[C@]12C. The van der Waals surface area contributed by atoms with E-state index in [-0.39, 0.29) is 17.2 Å². The van der Waals surface area contributed by atoms with Crippen LogP contribution in [0.2, 0.25) is 0 Å². The summed E-state index contributed by atoms with van der Waals surface area (Å²) in [5.74, 6) is 5.36. The van der Waals surface area contributed by atoms with Crippen LogP contribution < -0.4 is 4.74 Å². The zero-order chi connectivity index (χ0) is 27.1. The molecular weight excluding hydrogens is 491 g/mol. The number of allylic oxidation sites excluding steroid dienone is 1. The molecule has 0 heterocycles. The molecule has 0 spiro atoms. The average molecular weight is 541 g/mol. The molecule has 4 aliphatic rings. The Bertz CT molecular complexity index is 1020. The molecule has 1 aromatic carbocycles. The third kappa shape index (κ3) is 5.45. The van der Waals surface area contributed by atoms with E-state index in [0.29, 0.717) is 16.6 Å². The summed E-state index contributed by atoms with van der Waals surface area (Å²) in [5.41, 5.74) is 2.43. The highest BCUT2D eigenvalue weighted by Crippen LogP contribution is 2.67. The third-order valence-corrected chi connectivity index (χ3v) is 11.7. The summed E-state index contributed by atoms with van der Waals surface area (Å²) in [7, 11) is 0. The minimum atomic E-state index is -0.286. The molecule has 0 N–H and O–H groups in total. The number of ether oxygens (including phenoxy) is 2. The van der Waals surface area contributed by atoms with Crippen LogP contribution in [0.15, 0.2) is 35.9 Å². The molecule has 0 aliphatic heterocycles. The van der Waals surface area contributed by atoms with Gasteiger partial charge in [-0.3, -0.25) is 0 Å². The van der Waals surface area contributed by atoms with E-state index < -0.39 is 0 Å². The van der Waals surface area contributed by atoms with E-state index >= 15 is 0 Å². The number of hydrogen-bond donors (Lipinski definition) is 0. The molecule has 4 aliphatic carbocycles. The van der Waals surface area contributed by atoms with Gasteiger partial charge in [-0.05, 0) is 116 Å². The maximum Gasteiger partial charge on any atom is 0.358 e. The fraction of sp³-hybridized carbons (Fsp3) is 0.735. The van der Waals surface area contributed by atoms with E-state index in [1.807, 2.05) is 0 Å². The van der Waals surface area contributed by atoms with E-state index in [9.17, 15) is 4.39 Å². The van der Waals surface area contributed by atoms with Crippen molar-refractivity contribution >= 4 is 17.5 Å². The number of halogens is 1. The van der Waals surface area contributed by atoms with Crippen molar-refractivity contribution in [2.24, 2.45) is 46.3 Å². The number of fused-ring (bicyclic) bond motifs is 5. The van der Waals surface area contributed by atoms with Crippen molar-refractivity contribution in [3.05, 3.63) is 41.7 Å². The second-order valence-corrected chi connectivity index (χ2v) is 14.4. The monoisotopic (exact) mass is 540 g/mol. The smallest absolute Gasteiger partial charge is 0.358 e. The van der Waals surface area contributed by atoms with Gasteiger partial charge in [-0.1, -0.05) is 65.5 Å². The van der Waals surface area contributed by atoms with Crippen molar-refractivity contribution < 1.29 is 13.9 Å². The first-order valence-corrected chi connectivity index (χ1v) is 15.8. The molecule has 3 fully saturated rings. The second kappa shape index (κ2) is 11.2. The summed E-state index contributed by atoms with van der Waals surface area (Å²) in [6.07, 6.45) is 16.9. The topological polar surface area (TPSA) is 18.5 Å². The number of rotatable bonds is 7. The lowest BCUT2D eigenvalue weighted by atomic mass is 9.47. The Hall–Kier alpha value is -1.42. The van der Waals surface area contributed by atoms with Gasteiger partial charge in [0.2, 0.25) is 0 Å². The van der Waals surface area contributed by atoms with E-state index in [0.717, 1.165) is 48.3 Å². The van der Waals surface area contributed by atoms with Crippen LogP contribution >= 0.6 is 12.2 Å². The minimum absolute atomic E-state index is 0.0650. The molecule has 3 saturated carbocycles. The first-order valence-electron chi connectivity index (χ1n) is 15.4. The van der Waals surface area contributed by atoms with Gasteiger partial charge in [-0.2, -0.15) is 0 Å². The van der Waals surface area contributed by atoms with Crippen LogP contribution in [0.4, 0.5) is 4.39 Å². The Morgan fingerprint density at radius 3 is 2.50 bits per heavy atom. The highest BCUT2D eigenvalue weighted by atomic mass is 32.1. The molecule has 4 heteroatoms. The van der Waals surface area contributed by atoms with Gasteiger partial charge in [-0.15, -0.1) is 0 Å². The molecule has 0 radical (unpaired) electrons. The lowest BCUT2D eigenvalue weighted by molar-refractivity contribution is -0.0571. The number of benzene rings is 1. The summed E-state index contributed by atoms with van der Waals surface area (Å²) in [6, 6.07) is 5.93. The average Bonchev–Trinajstić information content (AvgIpc) is 3.23. The molecule has 5 rings (SSSR count). The predicted molar refractivity (Wildman–Crippen MR) is 158 cm³/mol. The molecule has 0 bridgehead atoms. The zero-order valence-electron chi connectivity index (χ0n) is 24.3. The van der Waals surface area contributed by atoms with Gasteiger partial charge >= 0.3 is 5.24 Å². The Morgan fingerprint density at radius 1 is 1.00 bits per heavy atom. The van der Waals surface area contributed by atoms with Crippen LogP contribution in [0.5, 0.6) is 5.75 Å². The summed E-state index contributed by atoms with van der Waals surface area (Å²) >= 11 is 5.39. The highest BCUT2D eigenvalue weighted by Gasteiger charge is 2.59. The van der Waals surface area contributed by atoms with Gasteiger partial charge in [0.05, 0.1) is 0 Å². The Balaban J connectivity index is 1.21. The summed E-state index contributed by atoms with van der Waals surface area (Å²) < 4.78 is 25.0. The van der Waals surface area contributed by atoms with E-state index in [4.69, 9.17) is 21.7 Å². The van der Waals surface area contributed by atoms with Gasteiger partial charge in [0.1, 0.15) is 17.7 Å². The van der Waals surface area contributed by atoms with Crippen molar-refractivity contribution in [1.29, 1.82) is 0 Å². The fourth-order valence-electron chi connectivity index (χ4n) is 9.51. The maximum atomic E-state index is 13.2. The van der Waals surface area contributed by atoms with Crippen LogP contribution in [0.25, 0.3) is 0 Å². The standard InChI is InChI=1S/C34H49FO2S/c1-22(2)7-6-8-23(3)29-15-16-30-28-14-9-24-21-27(37-32(38)36-26-12-10-25(35)11-13-26)17-19-33(24,4)31(28)18-20-34(29,30)5/h9-13,22-23,27-31H,6-8,14-21H2,1-5H3/t23-,27+,28+,29-,30+,31+,33+,34-/m1/s1. The Kier molecular flexibility index (Phi) is 8.30. The zero-order valence-corrected chi connectivity index (χ0v) is 25.1. The lowest BCUT2D eigenvalue weighted by Crippen LogP contribution is -2.51. The van der Waals surface area contributed by atoms with E-state index in [1.54, 1.807) is 17.7 Å². The molecule has 210 valence electrons.